The van der Waals surface area contributed by atoms with Gasteiger partial charge in [-0.1, -0.05) is 42.5 Å². The minimum absolute atomic E-state index is 0.969. The van der Waals surface area contributed by atoms with Gasteiger partial charge in [0.15, 0.2) is 0 Å². The van der Waals surface area contributed by atoms with Gasteiger partial charge < -0.3 is 4.98 Å². The smallest absolute Gasteiger partial charge is 0.137 e. The highest BCUT2D eigenvalue weighted by Gasteiger charge is 2.18. The Morgan fingerprint density at radius 1 is 0.842 bits per heavy atom. The zero-order valence-corrected chi connectivity index (χ0v) is 10.6. The van der Waals surface area contributed by atoms with Crippen LogP contribution in [-0.2, 0) is 12.8 Å². The predicted molar refractivity (Wildman–Crippen MR) is 76.1 cm³/mol. The van der Waals surface area contributed by atoms with Gasteiger partial charge in [0.1, 0.15) is 5.82 Å². The third-order valence-corrected chi connectivity index (χ3v) is 3.89. The number of fused-ring (bicyclic) bond motifs is 2. The number of benzene rings is 2. The molecule has 2 aromatic carbocycles. The summed E-state index contributed by atoms with van der Waals surface area (Å²) in [5, 5.41) is 0. The summed E-state index contributed by atoms with van der Waals surface area (Å²) in [6.07, 6.45) is 5.72. The summed E-state index contributed by atoms with van der Waals surface area (Å²) >= 11 is 0. The topological polar surface area (TPSA) is 28.7 Å². The second-order valence-electron chi connectivity index (χ2n) is 5.00. The Morgan fingerprint density at radius 2 is 1.63 bits per heavy atom. The molecule has 2 heteroatoms. The molecule has 0 atom stereocenters. The number of nitrogens with zero attached hydrogens (tertiary/aromatic N) is 1. The molecule has 0 aliphatic heterocycles. The fourth-order valence-electron chi connectivity index (χ4n) is 2.94. The Bertz CT molecular complexity index is 727. The summed E-state index contributed by atoms with van der Waals surface area (Å²) in [4.78, 5) is 7.61. The largest absolute Gasteiger partial charge is 0.345 e. The number of hydrogen-bond acceptors (Lipinski definition) is 1. The van der Waals surface area contributed by atoms with Crippen LogP contribution in [0.15, 0.2) is 54.9 Å². The molecule has 1 aromatic heterocycles. The first-order valence-corrected chi connectivity index (χ1v) is 6.59. The quantitative estimate of drug-likeness (QED) is 0.546. The van der Waals surface area contributed by atoms with Crippen LogP contribution in [0.1, 0.15) is 22.3 Å². The molecule has 0 amide bonds. The lowest BCUT2D eigenvalue weighted by Crippen LogP contribution is -2.08. The van der Waals surface area contributed by atoms with E-state index >= 15 is 0 Å². The second kappa shape index (κ2) is 4.09. The van der Waals surface area contributed by atoms with Crippen molar-refractivity contribution in [2.75, 3.05) is 0 Å². The Hall–Kier alpha value is -2.35. The van der Waals surface area contributed by atoms with Crippen molar-refractivity contribution in [2.24, 2.45) is 0 Å². The Kier molecular flexibility index (Phi) is 2.27. The van der Waals surface area contributed by atoms with E-state index < -0.39 is 0 Å². The predicted octanol–water partition coefficient (Wildman–Crippen LogP) is 3.57. The molecule has 0 bridgehead atoms. The van der Waals surface area contributed by atoms with Crippen molar-refractivity contribution < 1.29 is 0 Å². The highest BCUT2D eigenvalue weighted by molar-refractivity contribution is 5.65. The molecular weight excluding hydrogens is 232 g/mol. The molecule has 0 fully saturated rings. The van der Waals surface area contributed by atoms with Crippen LogP contribution in [0.2, 0.25) is 0 Å². The number of H-pyrrole nitrogens is 1. The number of aromatic amines is 1. The fraction of sp³-hybridized carbons (Fsp3) is 0.118. The van der Waals surface area contributed by atoms with Crippen molar-refractivity contribution >= 4 is 0 Å². The zero-order chi connectivity index (χ0) is 12.7. The van der Waals surface area contributed by atoms with Crippen molar-refractivity contribution in [1.29, 1.82) is 0 Å². The average molecular weight is 246 g/mol. The molecule has 19 heavy (non-hydrogen) atoms. The number of rotatable bonds is 1. The van der Waals surface area contributed by atoms with E-state index in [0.717, 1.165) is 18.7 Å². The first-order valence-electron chi connectivity index (χ1n) is 6.59. The maximum atomic E-state index is 4.40. The monoisotopic (exact) mass is 246 g/mol. The van der Waals surface area contributed by atoms with Crippen LogP contribution in [0.3, 0.4) is 0 Å². The molecule has 0 unspecified atom stereocenters. The summed E-state index contributed by atoms with van der Waals surface area (Å²) in [5.41, 5.74) is 6.96. The number of aromatic nitrogens is 2. The van der Waals surface area contributed by atoms with E-state index in [1.54, 1.807) is 0 Å². The Morgan fingerprint density at radius 3 is 2.42 bits per heavy atom. The zero-order valence-electron chi connectivity index (χ0n) is 10.6. The van der Waals surface area contributed by atoms with Gasteiger partial charge >= 0.3 is 0 Å². The van der Waals surface area contributed by atoms with Gasteiger partial charge in [-0.3, -0.25) is 0 Å². The summed E-state index contributed by atoms with van der Waals surface area (Å²) in [5.74, 6) is 0.969. The highest BCUT2D eigenvalue weighted by atomic mass is 14.9. The molecule has 3 aromatic rings. The second-order valence-corrected chi connectivity index (χ2v) is 5.00. The van der Waals surface area contributed by atoms with E-state index in [0.29, 0.717) is 0 Å². The van der Waals surface area contributed by atoms with Gasteiger partial charge in [-0.2, -0.15) is 0 Å². The van der Waals surface area contributed by atoms with Crippen LogP contribution in [0.25, 0.3) is 11.4 Å². The molecule has 92 valence electrons. The van der Waals surface area contributed by atoms with E-state index in [1.807, 2.05) is 12.4 Å². The lowest BCUT2D eigenvalue weighted by Gasteiger charge is -2.21. The molecule has 0 saturated carbocycles. The van der Waals surface area contributed by atoms with Crippen molar-refractivity contribution in [3.05, 3.63) is 77.1 Å². The summed E-state index contributed by atoms with van der Waals surface area (Å²) in [7, 11) is 0. The van der Waals surface area contributed by atoms with Crippen molar-refractivity contribution in [2.45, 2.75) is 12.8 Å². The van der Waals surface area contributed by atoms with E-state index in [2.05, 4.69) is 52.4 Å². The third kappa shape index (κ3) is 1.68. The molecule has 1 heterocycles. The van der Waals surface area contributed by atoms with Gasteiger partial charge in [-0.25, -0.2) is 4.98 Å². The van der Waals surface area contributed by atoms with Crippen LogP contribution in [0, 0.1) is 0 Å². The minimum Gasteiger partial charge on any atom is -0.345 e. The van der Waals surface area contributed by atoms with Crippen molar-refractivity contribution in [1.82, 2.24) is 9.97 Å². The molecular formula is C17H14N2. The van der Waals surface area contributed by atoms with Gasteiger partial charge in [0.05, 0.1) is 0 Å². The van der Waals surface area contributed by atoms with Crippen molar-refractivity contribution in [3.8, 4) is 11.4 Å². The Labute approximate surface area is 112 Å². The number of hydrogen-bond donors (Lipinski definition) is 1. The highest BCUT2D eigenvalue weighted by Crippen LogP contribution is 2.32. The fourth-order valence-corrected chi connectivity index (χ4v) is 2.94. The third-order valence-electron chi connectivity index (χ3n) is 3.89. The van der Waals surface area contributed by atoms with Crippen LogP contribution in [0.5, 0.6) is 0 Å². The maximum Gasteiger partial charge on any atom is 0.137 e. The number of imidazole rings is 1. The van der Waals surface area contributed by atoms with Gasteiger partial charge in [0, 0.05) is 18.0 Å². The van der Waals surface area contributed by atoms with Crippen LogP contribution >= 0.6 is 0 Å². The van der Waals surface area contributed by atoms with Crippen LogP contribution < -0.4 is 0 Å². The van der Waals surface area contributed by atoms with E-state index in [-0.39, 0.29) is 0 Å². The molecule has 2 nitrogen and oxygen atoms in total. The molecule has 0 spiro atoms. The van der Waals surface area contributed by atoms with Crippen molar-refractivity contribution in [3.63, 3.8) is 0 Å². The first kappa shape index (κ1) is 10.6. The molecule has 0 radical (unpaired) electrons. The maximum absolute atomic E-state index is 4.40. The lowest BCUT2D eigenvalue weighted by atomic mass is 9.83. The first-order chi connectivity index (χ1) is 9.42. The lowest BCUT2D eigenvalue weighted by molar-refractivity contribution is 1.000. The number of nitrogens with one attached hydrogen (secondary N) is 1. The van der Waals surface area contributed by atoms with Gasteiger partial charge in [-0.15, -0.1) is 0 Å². The van der Waals surface area contributed by atoms with Crippen LogP contribution in [-0.4, -0.2) is 9.97 Å². The van der Waals surface area contributed by atoms with Gasteiger partial charge in [0.2, 0.25) is 0 Å². The molecule has 1 aliphatic carbocycles. The minimum atomic E-state index is 0.969. The molecule has 4 rings (SSSR count). The van der Waals surface area contributed by atoms with E-state index in [4.69, 9.17) is 0 Å². The molecule has 1 N–H and O–H groups in total. The summed E-state index contributed by atoms with van der Waals surface area (Å²) in [6, 6.07) is 15.2. The summed E-state index contributed by atoms with van der Waals surface area (Å²) < 4.78 is 0. The SMILES string of the molecule is c1ccc2c(c1)Cc1cccc(-c3ncc[nH]3)c1C2. The van der Waals surface area contributed by atoms with Gasteiger partial charge in [-0.05, 0) is 35.1 Å². The van der Waals surface area contributed by atoms with Gasteiger partial charge in [0.25, 0.3) is 0 Å². The summed E-state index contributed by atoms with van der Waals surface area (Å²) in [6.45, 7) is 0. The molecule has 0 saturated heterocycles. The molecule has 1 aliphatic rings. The average Bonchev–Trinajstić information content (AvgIpc) is 2.98. The standard InChI is InChI=1S/C17H14N2/c1-2-5-13-11-16-14(10-12(13)4-1)6-3-7-15(16)17-18-8-9-19-17/h1-9H,10-11H2,(H,18,19). The Balaban J connectivity index is 1.88. The van der Waals surface area contributed by atoms with E-state index in [1.165, 1.54) is 27.8 Å². The van der Waals surface area contributed by atoms with E-state index in [9.17, 15) is 0 Å². The van der Waals surface area contributed by atoms with Crippen LogP contribution in [0.4, 0.5) is 0 Å². The normalized spacial score (nSPS) is 12.8.